The van der Waals surface area contributed by atoms with Gasteiger partial charge in [-0.15, -0.1) is 0 Å². The average Bonchev–Trinajstić information content (AvgIpc) is 2.55. The average molecular weight is 302 g/mol. The summed E-state index contributed by atoms with van der Waals surface area (Å²) in [6.45, 7) is 9.60. The molecule has 0 unspecified atom stereocenters. The number of rotatable bonds is 7. The van der Waals surface area contributed by atoms with Gasteiger partial charge in [-0.3, -0.25) is 4.79 Å². The van der Waals surface area contributed by atoms with Crippen LogP contribution in [0.1, 0.15) is 36.5 Å². The number of amides is 1. The normalized spacial score (nSPS) is 16.2. The molecule has 0 aromatic heterocycles. The summed E-state index contributed by atoms with van der Waals surface area (Å²) in [6.07, 6.45) is 4.96. The summed E-state index contributed by atoms with van der Waals surface area (Å²) in [5, 5.41) is 3.14. The highest BCUT2D eigenvalue weighted by Crippen LogP contribution is 2.14. The zero-order valence-corrected chi connectivity index (χ0v) is 13.4. The summed E-state index contributed by atoms with van der Waals surface area (Å²) in [7, 11) is 0. The van der Waals surface area contributed by atoms with Crippen molar-refractivity contribution >= 4 is 5.91 Å². The SMILES string of the molecule is C=CCOc1ccc(C(=O)NC2CCN(CCC)CC2)cc1. The molecule has 0 spiro atoms. The van der Waals surface area contributed by atoms with E-state index in [0.29, 0.717) is 12.2 Å². The van der Waals surface area contributed by atoms with E-state index in [0.717, 1.165) is 38.2 Å². The Morgan fingerprint density at radius 1 is 1.36 bits per heavy atom. The van der Waals surface area contributed by atoms with E-state index >= 15 is 0 Å². The third kappa shape index (κ3) is 4.88. The van der Waals surface area contributed by atoms with E-state index in [-0.39, 0.29) is 11.9 Å². The molecule has 1 amide bonds. The standard InChI is InChI=1S/C18H26N2O2/c1-3-11-20-12-9-16(10-13-20)19-18(21)15-5-7-17(8-6-15)22-14-4-2/h4-8,16H,2-3,9-14H2,1H3,(H,19,21). The van der Waals surface area contributed by atoms with Gasteiger partial charge < -0.3 is 15.0 Å². The molecule has 4 heteroatoms. The topological polar surface area (TPSA) is 41.6 Å². The first kappa shape index (κ1) is 16.6. The number of carbonyl (C=O) groups is 1. The van der Waals surface area contributed by atoms with Crippen LogP contribution in [0.15, 0.2) is 36.9 Å². The van der Waals surface area contributed by atoms with Crippen molar-refractivity contribution in [3.05, 3.63) is 42.5 Å². The van der Waals surface area contributed by atoms with Crippen molar-refractivity contribution in [3.8, 4) is 5.75 Å². The fourth-order valence-electron chi connectivity index (χ4n) is 2.74. The molecule has 1 saturated heterocycles. The second-order valence-electron chi connectivity index (χ2n) is 5.71. The van der Waals surface area contributed by atoms with Crippen molar-refractivity contribution in [2.45, 2.75) is 32.2 Å². The maximum absolute atomic E-state index is 12.3. The molecule has 0 aliphatic carbocycles. The number of nitrogens with one attached hydrogen (secondary N) is 1. The molecule has 4 nitrogen and oxygen atoms in total. The van der Waals surface area contributed by atoms with Crippen LogP contribution in [0.25, 0.3) is 0 Å². The van der Waals surface area contributed by atoms with Crippen molar-refractivity contribution < 1.29 is 9.53 Å². The maximum atomic E-state index is 12.3. The largest absolute Gasteiger partial charge is 0.490 e. The van der Waals surface area contributed by atoms with Crippen molar-refractivity contribution in [1.82, 2.24) is 10.2 Å². The maximum Gasteiger partial charge on any atom is 0.251 e. The predicted molar refractivity (Wildman–Crippen MR) is 89.4 cm³/mol. The van der Waals surface area contributed by atoms with Gasteiger partial charge >= 0.3 is 0 Å². The Bertz CT molecular complexity index is 476. The van der Waals surface area contributed by atoms with Gasteiger partial charge in [0.2, 0.25) is 0 Å². The van der Waals surface area contributed by atoms with E-state index in [9.17, 15) is 4.79 Å². The van der Waals surface area contributed by atoms with Crippen LogP contribution in [-0.2, 0) is 0 Å². The molecule has 1 heterocycles. The van der Waals surface area contributed by atoms with Crippen LogP contribution in [0.3, 0.4) is 0 Å². The van der Waals surface area contributed by atoms with Crippen LogP contribution < -0.4 is 10.1 Å². The van der Waals surface area contributed by atoms with E-state index in [4.69, 9.17) is 4.74 Å². The van der Waals surface area contributed by atoms with Crippen LogP contribution in [0.2, 0.25) is 0 Å². The van der Waals surface area contributed by atoms with E-state index in [1.54, 1.807) is 18.2 Å². The summed E-state index contributed by atoms with van der Waals surface area (Å²) in [5.41, 5.74) is 0.682. The van der Waals surface area contributed by atoms with Crippen LogP contribution in [0.5, 0.6) is 5.75 Å². The first-order valence-corrected chi connectivity index (χ1v) is 8.10. The predicted octanol–water partition coefficient (Wildman–Crippen LogP) is 2.86. The van der Waals surface area contributed by atoms with Gasteiger partial charge in [0.25, 0.3) is 5.91 Å². The number of carbonyl (C=O) groups excluding carboxylic acids is 1. The minimum Gasteiger partial charge on any atom is -0.490 e. The first-order chi connectivity index (χ1) is 10.7. The molecular formula is C18H26N2O2. The lowest BCUT2D eigenvalue weighted by Crippen LogP contribution is -2.44. The molecule has 22 heavy (non-hydrogen) atoms. The molecule has 1 aromatic carbocycles. The van der Waals surface area contributed by atoms with Crippen molar-refractivity contribution in [1.29, 1.82) is 0 Å². The molecule has 0 atom stereocenters. The molecule has 1 aromatic rings. The lowest BCUT2D eigenvalue weighted by atomic mass is 10.0. The lowest BCUT2D eigenvalue weighted by Gasteiger charge is -2.32. The molecule has 1 aliphatic rings. The zero-order valence-electron chi connectivity index (χ0n) is 13.4. The number of ether oxygens (including phenoxy) is 1. The van der Waals surface area contributed by atoms with Crippen LogP contribution in [-0.4, -0.2) is 43.1 Å². The number of benzene rings is 1. The van der Waals surface area contributed by atoms with Crippen molar-refractivity contribution in [2.75, 3.05) is 26.2 Å². The quantitative estimate of drug-likeness (QED) is 0.788. The van der Waals surface area contributed by atoms with Gasteiger partial charge in [-0.25, -0.2) is 0 Å². The van der Waals surface area contributed by atoms with Crippen molar-refractivity contribution in [3.63, 3.8) is 0 Å². The van der Waals surface area contributed by atoms with Gasteiger partial charge in [0.15, 0.2) is 0 Å². The number of hydrogen-bond acceptors (Lipinski definition) is 3. The Morgan fingerprint density at radius 3 is 2.64 bits per heavy atom. The van der Waals surface area contributed by atoms with E-state index in [2.05, 4.69) is 23.7 Å². The molecule has 0 radical (unpaired) electrons. The molecule has 1 N–H and O–H groups in total. The molecule has 2 rings (SSSR count). The second-order valence-corrected chi connectivity index (χ2v) is 5.71. The Hall–Kier alpha value is -1.81. The Morgan fingerprint density at radius 2 is 2.05 bits per heavy atom. The van der Waals surface area contributed by atoms with Gasteiger partial charge in [0, 0.05) is 24.7 Å². The zero-order chi connectivity index (χ0) is 15.8. The van der Waals surface area contributed by atoms with Gasteiger partial charge in [-0.2, -0.15) is 0 Å². The van der Waals surface area contributed by atoms with Crippen LogP contribution >= 0.6 is 0 Å². The highest BCUT2D eigenvalue weighted by atomic mass is 16.5. The molecular weight excluding hydrogens is 276 g/mol. The van der Waals surface area contributed by atoms with E-state index < -0.39 is 0 Å². The fourth-order valence-corrected chi connectivity index (χ4v) is 2.74. The van der Waals surface area contributed by atoms with E-state index in [1.807, 2.05) is 12.1 Å². The molecule has 120 valence electrons. The first-order valence-electron chi connectivity index (χ1n) is 8.10. The summed E-state index contributed by atoms with van der Waals surface area (Å²) in [4.78, 5) is 14.7. The van der Waals surface area contributed by atoms with Gasteiger partial charge in [-0.1, -0.05) is 19.6 Å². The van der Waals surface area contributed by atoms with E-state index in [1.165, 1.54) is 6.42 Å². The summed E-state index contributed by atoms with van der Waals surface area (Å²) < 4.78 is 5.42. The van der Waals surface area contributed by atoms with Gasteiger partial charge in [0.05, 0.1) is 0 Å². The molecule has 0 saturated carbocycles. The highest BCUT2D eigenvalue weighted by molar-refractivity contribution is 5.94. The monoisotopic (exact) mass is 302 g/mol. The third-order valence-corrected chi connectivity index (χ3v) is 3.95. The summed E-state index contributed by atoms with van der Waals surface area (Å²) >= 11 is 0. The molecule has 0 bridgehead atoms. The smallest absolute Gasteiger partial charge is 0.251 e. The van der Waals surface area contributed by atoms with Gasteiger partial charge in [0.1, 0.15) is 12.4 Å². The summed E-state index contributed by atoms with van der Waals surface area (Å²) in [5.74, 6) is 0.758. The molecule has 1 fully saturated rings. The Labute approximate surface area is 133 Å². The lowest BCUT2D eigenvalue weighted by molar-refractivity contribution is 0.0911. The molecule has 1 aliphatic heterocycles. The second kappa shape index (κ2) is 8.59. The minimum atomic E-state index is 0.00390. The number of hydrogen-bond donors (Lipinski definition) is 1. The Kier molecular flexibility index (Phi) is 6.46. The third-order valence-electron chi connectivity index (χ3n) is 3.95. The van der Waals surface area contributed by atoms with Crippen molar-refractivity contribution in [2.24, 2.45) is 0 Å². The Balaban J connectivity index is 1.81. The number of likely N-dealkylation sites (tertiary alicyclic amines) is 1. The number of nitrogens with zero attached hydrogens (tertiary/aromatic N) is 1. The fraction of sp³-hybridized carbons (Fsp3) is 0.500. The van der Waals surface area contributed by atoms with Gasteiger partial charge in [-0.05, 0) is 50.1 Å². The highest BCUT2D eigenvalue weighted by Gasteiger charge is 2.20. The van der Waals surface area contributed by atoms with Crippen LogP contribution in [0, 0.1) is 0 Å². The number of piperidine rings is 1. The minimum absolute atomic E-state index is 0.00390. The summed E-state index contributed by atoms with van der Waals surface area (Å²) in [6, 6.07) is 7.54. The van der Waals surface area contributed by atoms with Crippen LogP contribution in [0.4, 0.5) is 0 Å².